The van der Waals surface area contributed by atoms with Crippen molar-refractivity contribution < 1.29 is 0 Å². The molecule has 0 heterocycles. The van der Waals surface area contributed by atoms with E-state index in [1.165, 1.54) is 57.0 Å². The highest BCUT2D eigenvalue weighted by Gasteiger charge is 2.22. The lowest BCUT2D eigenvalue weighted by molar-refractivity contribution is 0.318. The average molecular weight is 343 g/mol. The van der Waals surface area contributed by atoms with E-state index in [1.54, 1.807) is 0 Å². The molecule has 0 aromatic carbocycles. The number of hydrogen-bond acceptors (Lipinski definition) is 0. The summed E-state index contributed by atoms with van der Waals surface area (Å²) in [5.74, 6) is 1.79. The third-order valence-corrected chi connectivity index (χ3v) is 7.62. The van der Waals surface area contributed by atoms with Gasteiger partial charge in [-0.25, -0.2) is 0 Å². The van der Waals surface area contributed by atoms with E-state index in [9.17, 15) is 0 Å². The van der Waals surface area contributed by atoms with Gasteiger partial charge in [-0.1, -0.05) is 81.6 Å². The summed E-state index contributed by atoms with van der Waals surface area (Å²) in [5, 5.41) is 0. The minimum atomic E-state index is 0.238. The third kappa shape index (κ3) is 15.7. The van der Waals surface area contributed by atoms with Crippen LogP contribution in [0, 0.1) is 22.7 Å². The molecule has 140 valence electrons. The van der Waals surface area contributed by atoms with Gasteiger partial charge in [-0.2, -0.15) is 0 Å². The molecule has 0 radical (unpaired) electrons. The Labute approximate surface area is 150 Å². The van der Waals surface area contributed by atoms with Crippen LogP contribution in [-0.2, 0) is 0 Å². The van der Waals surface area contributed by atoms with Gasteiger partial charge < -0.3 is 0 Å². The van der Waals surface area contributed by atoms with Crippen molar-refractivity contribution >= 4 is 7.92 Å². The summed E-state index contributed by atoms with van der Waals surface area (Å²) in [7, 11) is 0.238. The minimum Gasteiger partial charge on any atom is -0.106 e. The van der Waals surface area contributed by atoms with E-state index < -0.39 is 0 Å². The Morgan fingerprint density at radius 3 is 1.48 bits per heavy atom. The molecule has 0 aromatic heterocycles. The molecule has 0 aliphatic rings. The van der Waals surface area contributed by atoms with Gasteiger partial charge in [0, 0.05) is 0 Å². The van der Waals surface area contributed by atoms with Crippen LogP contribution in [-0.4, -0.2) is 18.5 Å². The Bertz CT molecular complexity index is 257. The second-order valence-electron chi connectivity index (χ2n) is 10.6. The Balaban J connectivity index is 4.48. The molecule has 0 saturated carbocycles. The van der Waals surface area contributed by atoms with Gasteiger partial charge in [0.15, 0.2) is 0 Å². The van der Waals surface area contributed by atoms with Gasteiger partial charge in [0.25, 0.3) is 0 Å². The van der Waals surface area contributed by atoms with Gasteiger partial charge in [0.2, 0.25) is 0 Å². The fourth-order valence-electron chi connectivity index (χ4n) is 4.12. The van der Waals surface area contributed by atoms with Crippen LogP contribution in [0.3, 0.4) is 0 Å². The molecule has 0 amide bonds. The molecule has 23 heavy (non-hydrogen) atoms. The molecule has 0 aromatic rings. The first-order valence-electron chi connectivity index (χ1n) is 10.2. The van der Waals surface area contributed by atoms with Crippen LogP contribution < -0.4 is 0 Å². The van der Waals surface area contributed by atoms with Gasteiger partial charge in [0.05, 0.1) is 0 Å². The molecule has 0 fully saturated rings. The summed E-state index contributed by atoms with van der Waals surface area (Å²) in [5.41, 5.74) is 0.972. The van der Waals surface area contributed by atoms with Gasteiger partial charge >= 0.3 is 0 Å². The maximum atomic E-state index is 2.50. The summed E-state index contributed by atoms with van der Waals surface area (Å²) in [6.07, 6.45) is 13.0. The maximum Gasteiger partial charge on any atom is -0.0300 e. The number of unbranched alkanes of at least 4 members (excludes halogenated alkanes) is 3. The van der Waals surface area contributed by atoms with Crippen molar-refractivity contribution in [2.75, 3.05) is 18.5 Å². The topological polar surface area (TPSA) is 0 Å². The predicted octanol–water partition coefficient (Wildman–Crippen LogP) is 8.19. The fourth-order valence-corrected chi connectivity index (χ4v) is 7.33. The molecule has 0 spiro atoms. The molecular formula is C22H47P. The van der Waals surface area contributed by atoms with E-state index >= 15 is 0 Å². The quantitative estimate of drug-likeness (QED) is 0.262. The smallest absolute Gasteiger partial charge is 0.0300 e. The number of rotatable bonds is 11. The summed E-state index contributed by atoms with van der Waals surface area (Å²) >= 11 is 0. The maximum absolute atomic E-state index is 2.50. The van der Waals surface area contributed by atoms with E-state index in [4.69, 9.17) is 0 Å². The van der Waals surface area contributed by atoms with Crippen molar-refractivity contribution in [2.45, 2.75) is 101 Å². The van der Waals surface area contributed by atoms with Gasteiger partial charge in [-0.05, 0) is 60.4 Å². The Kier molecular flexibility index (Phi) is 11.3. The number of hydrogen-bond donors (Lipinski definition) is 0. The second kappa shape index (κ2) is 11.1. The van der Waals surface area contributed by atoms with E-state index in [2.05, 4.69) is 62.3 Å². The van der Waals surface area contributed by atoms with Crippen molar-refractivity contribution in [2.24, 2.45) is 22.7 Å². The average Bonchev–Trinajstić information content (AvgIpc) is 2.29. The van der Waals surface area contributed by atoms with Crippen LogP contribution in [0.2, 0.25) is 0 Å². The molecule has 1 heteroatoms. The zero-order chi connectivity index (χ0) is 18.1. The van der Waals surface area contributed by atoms with Gasteiger partial charge in [-0.15, -0.1) is 7.92 Å². The van der Waals surface area contributed by atoms with Crippen LogP contribution in [0.15, 0.2) is 0 Å². The van der Waals surface area contributed by atoms with Crippen molar-refractivity contribution in [3.8, 4) is 0 Å². The van der Waals surface area contributed by atoms with E-state index in [1.807, 2.05) is 0 Å². The minimum absolute atomic E-state index is 0.238. The Morgan fingerprint density at radius 2 is 1.13 bits per heavy atom. The highest BCUT2D eigenvalue weighted by molar-refractivity contribution is 7.57. The van der Waals surface area contributed by atoms with Gasteiger partial charge in [-0.3, -0.25) is 0 Å². The standard InChI is InChI=1S/C22H47P/c1-10-11-12-13-14-23(17-19(2)15-21(4,5)6)18-20(3)16-22(7,8)9/h19-20H,10-18H2,1-9H3. The highest BCUT2D eigenvalue weighted by atomic mass is 31.1. The van der Waals surface area contributed by atoms with Crippen molar-refractivity contribution in [3.05, 3.63) is 0 Å². The fraction of sp³-hybridized carbons (Fsp3) is 1.00. The zero-order valence-corrected chi connectivity index (χ0v) is 18.9. The summed E-state index contributed by atoms with van der Waals surface area (Å²) in [6, 6.07) is 0. The van der Waals surface area contributed by atoms with Crippen molar-refractivity contribution in [1.29, 1.82) is 0 Å². The Hall–Kier alpha value is 0.430. The first-order valence-corrected chi connectivity index (χ1v) is 12.0. The van der Waals surface area contributed by atoms with Crippen LogP contribution >= 0.6 is 7.92 Å². The van der Waals surface area contributed by atoms with Crippen LogP contribution in [0.1, 0.15) is 101 Å². The SMILES string of the molecule is CCCCCCP(CC(C)CC(C)(C)C)CC(C)CC(C)(C)C. The lowest BCUT2D eigenvalue weighted by atomic mass is 9.86. The van der Waals surface area contributed by atoms with Gasteiger partial charge in [0.1, 0.15) is 0 Å². The molecule has 0 N–H and O–H groups in total. The second-order valence-corrected chi connectivity index (χ2v) is 13.1. The van der Waals surface area contributed by atoms with E-state index in [0.29, 0.717) is 10.8 Å². The largest absolute Gasteiger partial charge is 0.106 e. The normalized spacial score (nSPS) is 17.1. The highest BCUT2D eigenvalue weighted by Crippen LogP contribution is 2.44. The zero-order valence-electron chi connectivity index (χ0n) is 18.0. The van der Waals surface area contributed by atoms with E-state index in [-0.39, 0.29) is 7.92 Å². The van der Waals surface area contributed by atoms with Crippen molar-refractivity contribution in [3.63, 3.8) is 0 Å². The first kappa shape index (κ1) is 23.4. The lowest BCUT2D eigenvalue weighted by Crippen LogP contribution is -2.17. The summed E-state index contributed by atoms with van der Waals surface area (Å²) < 4.78 is 0. The molecule has 0 saturated heterocycles. The molecular weight excluding hydrogens is 295 g/mol. The first-order chi connectivity index (χ1) is 10.4. The molecule has 0 aliphatic carbocycles. The molecule has 2 atom stereocenters. The predicted molar refractivity (Wildman–Crippen MR) is 112 cm³/mol. The molecule has 0 aliphatic heterocycles. The Morgan fingerprint density at radius 1 is 0.696 bits per heavy atom. The molecule has 2 unspecified atom stereocenters. The van der Waals surface area contributed by atoms with Crippen LogP contribution in [0.4, 0.5) is 0 Å². The summed E-state index contributed by atoms with van der Waals surface area (Å²) in [4.78, 5) is 0. The van der Waals surface area contributed by atoms with Crippen molar-refractivity contribution in [1.82, 2.24) is 0 Å². The molecule has 0 bridgehead atoms. The van der Waals surface area contributed by atoms with E-state index in [0.717, 1.165) is 11.8 Å². The van der Waals surface area contributed by atoms with Crippen LogP contribution in [0.25, 0.3) is 0 Å². The monoisotopic (exact) mass is 342 g/mol. The summed E-state index contributed by atoms with van der Waals surface area (Å²) in [6.45, 7) is 21.7. The molecule has 0 rings (SSSR count). The third-order valence-electron chi connectivity index (χ3n) is 4.39. The lowest BCUT2D eigenvalue weighted by Gasteiger charge is -2.30. The van der Waals surface area contributed by atoms with Crippen LogP contribution in [0.5, 0.6) is 0 Å². The molecule has 0 nitrogen and oxygen atoms in total.